The molecule has 0 atom stereocenters. The van der Waals surface area contributed by atoms with Gasteiger partial charge in [0.1, 0.15) is 0 Å². The van der Waals surface area contributed by atoms with Crippen LogP contribution in [-0.2, 0) is 4.79 Å². The van der Waals surface area contributed by atoms with Crippen molar-refractivity contribution in [1.29, 1.82) is 0 Å². The van der Waals surface area contributed by atoms with Crippen molar-refractivity contribution < 1.29 is 4.79 Å². The number of nitrogens with zero attached hydrogens (tertiary/aromatic N) is 1. The number of hydrogen-bond donors (Lipinski definition) is 0. The van der Waals surface area contributed by atoms with Gasteiger partial charge in [0.05, 0.1) is 0 Å². The molecule has 0 aromatic carbocycles. The van der Waals surface area contributed by atoms with Gasteiger partial charge in [-0.25, -0.2) is 0 Å². The van der Waals surface area contributed by atoms with Crippen molar-refractivity contribution in [2.75, 3.05) is 13.1 Å². The molecule has 0 unspecified atom stereocenters. The van der Waals surface area contributed by atoms with Crippen molar-refractivity contribution in [3.05, 3.63) is 0 Å². The summed E-state index contributed by atoms with van der Waals surface area (Å²) in [6.45, 7) is 4.04. The quantitative estimate of drug-likeness (QED) is 0.702. The van der Waals surface area contributed by atoms with Gasteiger partial charge in [-0.2, -0.15) is 0 Å². The molecule has 1 heterocycles. The fourth-order valence-corrected chi connectivity index (χ4v) is 3.81. The third-order valence-electron chi connectivity index (χ3n) is 2.01. The van der Waals surface area contributed by atoms with E-state index in [1.807, 2.05) is 0 Å². The Labute approximate surface area is 94.0 Å². The van der Waals surface area contributed by atoms with Gasteiger partial charge in [0.2, 0.25) is 0 Å². The van der Waals surface area contributed by atoms with Gasteiger partial charge in [0, 0.05) is 0 Å². The number of ketones is 1. The first-order valence-electron chi connectivity index (χ1n) is 4.61. The molecule has 1 aliphatic heterocycles. The van der Waals surface area contributed by atoms with Crippen molar-refractivity contribution >= 4 is 39.8 Å². The fourth-order valence-electron chi connectivity index (χ4n) is 1.33. The molecule has 0 spiro atoms. The molecule has 0 aromatic heterocycles. The van der Waals surface area contributed by atoms with Crippen LogP contribution in [0.15, 0.2) is 0 Å². The molecular formula is C9H15NOSe2. The van der Waals surface area contributed by atoms with E-state index in [9.17, 15) is 4.79 Å². The van der Waals surface area contributed by atoms with Crippen molar-refractivity contribution in [2.45, 2.75) is 31.5 Å². The maximum atomic E-state index is 10.8. The zero-order chi connectivity index (χ0) is 9.68. The van der Waals surface area contributed by atoms with Crippen LogP contribution >= 0.6 is 0 Å². The van der Waals surface area contributed by atoms with Crippen LogP contribution in [0.4, 0.5) is 0 Å². The second-order valence-corrected chi connectivity index (χ2v) is 7.45. The Morgan fingerprint density at radius 2 is 2.00 bits per heavy atom. The van der Waals surface area contributed by atoms with Gasteiger partial charge >= 0.3 is 94.0 Å². The predicted octanol–water partition coefficient (Wildman–Crippen LogP) is 0.440. The predicted molar refractivity (Wildman–Crippen MR) is 57.4 cm³/mol. The molecule has 74 valence electrons. The average molecular weight is 311 g/mol. The van der Waals surface area contributed by atoms with Crippen molar-refractivity contribution in [2.24, 2.45) is 0 Å². The third kappa shape index (κ3) is 4.42. The number of hydrogen-bond acceptors (Lipinski definition) is 2. The number of piperidine rings is 1. The molecule has 1 saturated heterocycles. The molecule has 0 aliphatic carbocycles. The number of likely N-dealkylation sites (tertiary alicyclic amines) is 1. The molecule has 1 rings (SSSR count). The Hall–Kier alpha value is 0.379. The number of carbonyl (C=O) groups is 1. The van der Waals surface area contributed by atoms with E-state index in [1.165, 1.54) is 35.8 Å². The molecule has 0 aromatic rings. The molecular weight excluding hydrogens is 296 g/mol. The van der Waals surface area contributed by atoms with Crippen molar-refractivity contribution in [3.63, 3.8) is 0 Å². The monoisotopic (exact) mass is 313 g/mol. The van der Waals surface area contributed by atoms with Crippen LogP contribution in [0.3, 0.4) is 0 Å². The Kier molecular flexibility index (Phi) is 5.26. The summed E-state index contributed by atoms with van der Waals surface area (Å²) in [6, 6.07) is 0. The Bertz CT molecular complexity index is 200. The van der Waals surface area contributed by atoms with Gasteiger partial charge in [-0.1, -0.05) is 0 Å². The molecule has 0 amide bonds. The van der Waals surface area contributed by atoms with E-state index in [2.05, 4.69) is 20.5 Å². The van der Waals surface area contributed by atoms with Crippen LogP contribution < -0.4 is 0 Å². The number of carbonyl (C=O) groups excluding carboxylic acids is 1. The third-order valence-corrected chi connectivity index (χ3v) is 6.06. The minimum atomic E-state index is 0.310. The molecule has 1 aliphatic rings. The van der Waals surface area contributed by atoms with E-state index in [1.54, 1.807) is 6.92 Å². The molecule has 0 bridgehead atoms. The molecule has 0 N–H and O–H groups in total. The van der Waals surface area contributed by atoms with Crippen LogP contribution in [0.25, 0.3) is 0 Å². The standard InChI is InChI=1S/C9H15NOSe2/c1-8(11)7-13-9(12)10-5-3-2-4-6-10/h2-7H2,1H3. The summed E-state index contributed by atoms with van der Waals surface area (Å²) in [7, 11) is 0. The first kappa shape index (κ1) is 11.5. The molecule has 0 saturated carbocycles. The van der Waals surface area contributed by atoms with Crippen LogP contribution in [-0.4, -0.2) is 57.7 Å². The summed E-state index contributed by atoms with van der Waals surface area (Å²) in [4.78, 5) is 13.2. The van der Waals surface area contributed by atoms with Gasteiger partial charge in [-0.3, -0.25) is 0 Å². The summed E-state index contributed by atoms with van der Waals surface area (Å²) in [6.07, 6.45) is 3.98. The Balaban J connectivity index is 2.25. The summed E-state index contributed by atoms with van der Waals surface area (Å²) in [5.74, 6) is 0.310. The summed E-state index contributed by atoms with van der Waals surface area (Å²) in [5, 5.41) is 0.742. The molecule has 1 fully saturated rings. The van der Waals surface area contributed by atoms with Crippen LogP contribution in [0.5, 0.6) is 0 Å². The average Bonchev–Trinajstić information content (AvgIpc) is 2.15. The van der Waals surface area contributed by atoms with Crippen LogP contribution in [0.1, 0.15) is 26.2 Å². The van der Waals surface area contributed by atoms with E-state index in [-0.39, 0.29) is 0 Å². The van der Waals surface area contributed by atoms with E-state index in [4.69, 9.17) is 0 Å². The minimum absolute atomic E-state index is 0.310. The number of Topliss-reactive ketones (excluding diaryl/α,β-unsaturated/α-hetero) is 1. The molecule has 0 radical (unpaired) electrons. The summed E-state index contributed by atoms with van der Waals surface area (Å²) < 4.78 is 1.34. The van der Waals surface area contributed by atoms with Crippen molar-refractivity contribution in [1.82, 2.24) is 4.90 Å². The van der Waals surface area contributed by atoms with E-state index in [0.717, 1.165) is 5.32 Å². The molecule has 2 nitrogen and oxygen atoms in total. The molecule has 4 heteroatoms. The summed E-state index contributed by atoms with van der Waals surface area (Å²) >= 11 is 3.47. The van der Waals surface area contributed by atoms with Gasteiger partial charge in [-0.05, 0) is 0 Å². The topological polar surface area (TPSA) is 20.3 Å². The van der Waals surface area contributed by atoms with Crippen molar-refractivity contribution in [3.8, 4) is 0 Å². The van der Waals surface area contributed by atoms with E-state index >= 15 is 0 Å². The van der Waals surface area contributed by atoms with Gasteiger partial charge < -0.3 is 0 Å². The second-order valence-electron chi connectivity index (χ2n) is 3.30. The first-order chi connectivity index (χ1) is 6.20. The normalized spacial score (nSPS) is 17.2. The second kappa shape index (κ2) is 5.97. The van der Waals surface area contributed by atoms with Crippen LogP contribution in [0.2, 0.25) is 5.32 Å². The van der Waals surface area contributed by atoms with Gasteiger partial charge in [0.15, 0.2) is 0 Å². The Morgan fingerprint density at radius 3 is 2.54 bits per heavy atom. The number of rotatable bonds is 4. The first-order valence-corrected chi connectivity index (χ1v) is 7.54. The van der Waals surface area contributed by atoms with Gasteiger partial charge in [0.25, 0.3) is 0 Å². The van der Waals surface area contributed by atoms with Gasteiger partial charge in [-0.15, -0.1) is 0 Å². The van der Waals surface area contributed by atoms with E-state index < -0.39 is 0 Å². The van der Waals surface area contributed by atoms with Crippen LogP contribution in [0, 0.1) is 0 Å². The summed E-state index contributed by atoms with van der Waals surface area (Å²) in [5.41, 5.74) is 0. The zero-order valence-corrected chi connectivity index (χ0v) is 11.3. The SMILES string of the molecule is CC(=O)C[Se]C(=[Se])N1CCCCC1. The zero-order valence-electron chi connectivity index (χ0n) is 7.91. The maximum absolute atomic E-state index is 10.8. The van der Waals surface area contributed by atoms with E-state index in [0.29, 0.717) is 20.7 Å². The fraction of sp³-hybridized carbons (Fsp3) is 0.778. The Morgan fingerprint density at radius 1 is 1.38 bits per heavy atom. The molecule has 13 heavy (non-hydrogen) atoms.